The van der Waals surface area contributed by atoms with Crippen LogP contribution in [-0.2, 0) is 11.2 Å². The Labute approximate surface area is 129 Å². The molecule has 0 atom stereocenters. The number of carbonyl (C=O) groups is 1. The molecule has 1 aliphatic carbocycles. The minimum absolute atomic E-state index is 0.349. The molecule has 1 aliphatic rings. The molecule has 1 saturated carbocycles. The lowest BCUT2D eigenvalue weighted by molar-refractivity contribution is -0.118. The summed E-state index contributed by atoms with van der Waals surface area (Å²) in [6.07, 6.45) is 15.9. The third-order valence-electron chi connectivity index (χ3n) is 4.55. The lowest BCUT2D eigenvalue weighted by Gasteiger charge is -2.08. The Bertz CT molecular complexity index is 419. The standard InChI is InChI=1S/C18H30N2O/c1-2-3-4-5-6-7-12-18(21)15-16-13-14-20(19-16)17-10-8-9-11-17/h13-14,17H,2-12,15H2,1H3. The smallest absolute Gasteiger partial charge is 0.138 e. The lowest BCUT2D eigenvalue weighted by Crippen LogP contribution is -2.08. The second-order valence-electron chi connectivity index (χ2n) is 6.46. The molecule has 0 N–H and O–H groups in total. The number of aromatic nitrogens is 2. The van der Waals surface area contributed by atoms with Crippen LogP contribution in [0.4, 0.5) is 0 Å². The molecule has 1 fully saturated rings. The number of Topliss-reactive ketones (excluding diaryl/α,β-unsaturated/α-hetero) is 1. The van der Waals surface area contributed by atoms with Gasteiger partial charge in [0, 0.05) is 12.6 Å². The van der Waals surface area contributed by atoms with Crippen LogP contribution in [0.15, 0.2) is 12.3 Å². The van der Waals surface area contributed by atoms with E-state index in [1.165, 1.54) is 57.8 Å². The maximum Gasteiger partial charge on any atom is 0.138 e. The summed E-state index contributed by atoms with van der Waals surface area (Å²) < 4.78 is 2.08. The second-order valence-corrected chi connectivity index (χ2v) is 6.46. The van der Waals surface area contributed by atoms with Gasteiger partial charge in [-0.25, -0.2) is 0 Å². The minimum Gasteiger partial charge on any atom is -0.299 e. The summed E-state index contributed by atoms with van der Waals surface area (Å²) in [4.78, 5) is 12.0. The van der Waals surface area contributed by atoms with E-state index in [4.69, 9.17) is 0 Å². The van der Waals surface area contributed by atoms with Gasteiger partial charge < -0.3 is 0 Å². The van der Waals surface area contributed by atoms with Gasteiger partial charge in [0.2, 0.25) is 0 Å². The van der Waals surface area contributed by atoms with Crippen molar-refractivity contribution in [1.29, 1.82) is 0 Å². The SMILES string of the molecule is CCCCCCCCC(=O)Cc1ccn(C2CCCC2)n1. The van der Waals surface area contributed by atoms with E-state index in [0.29, 0.717) is 18.2 Å². The molecule has 0 bridgehead atoms. The summed E-state index contributed by atoms with van der Waals surface area (Å²) in [5.74, 6) is 0.349. The summed E-state index contributed by atoms with van der Waals surface area (Å²) >= 11 is 0. The molecule has 2 rings (SSSR count). The molecule has 0 aliphatic heterocycles. The van der Waals surface area contributed by atoms with Crippen molar-refractivity contribution in [2.24, 2.45) is 0 Å². The molecule has 3 heteroatoms. The van der Waals surface area contributed by atoms with Crippen LogP contribution in [0.1, 0.15) is 89.3 Å². The van der Waals surface area contributed by atoms with Crippen LogP contribution in [0.2, 0.25) is 0 Å². The van der Waals surface area contributed by atoms with Crippen LogP contribution in [0.3, 0.4) is 0 Å². The summed E-state index contributed by atoms with van der Waals surface area (Å²) in [6, 6.07) is 2.60. The third kappa shape index (κ3) is 5.64. The Hall–Kier alpha value is -1.12. The van der Waals surface area contributed by atoms with Crippen molar-refractivity contribution in [3.05, 3.63) is 18.0 Å². The molecule has 1 aromatic heterocycles. The fourth-order valence-corrected chi connectivity index (χ4v) is 3.24. The average Bonchev–Trinajstić information content (AvgIpc) is 3.13. The Balaban J connectivity index is 1.63. The Morgan fingerprint density at radius 2 is 1.90 bits per heavy atom. The van der Waals surface area contributed by atoms with E-state index in [1.807, 2.05) is 6.07 Å². The van der Waals surface area contributed by atoms with Gasteiger partial charge in [-0.05, 0) is 25.3 Å². The lowest BCUT2D eigenvalue weighted by atomic mass is 10.1. The molecule has 0 unspecified atom stereocenters. The summed E-state index contributed by atoms with van der Waals surface area (Å²) in [5, 5.41) is 4.60. The van der Waals surface area contributed by atoms with Gasteiger partial charge in [0.25, 0.3) is 0 Å². The normalized spacial score (nSPS) is 15.7. The van der Waals surface area contributed by atoms with Gasteiger partial charge in [0.1, 0.15) is 5.78 Å². The molecular formula is C18H30N2O. The highest BCUT2D eigenvalue weighted by Crippen LogP contribution is 2.28. The van der Waals surface area contributed by atoms with Crippen LogP contribution in [0, 0.1) is 0 Å². The first-order valence-corrected chi connectivity index (χ1v) is 8.85. The summed E-state index contributed by atoms with van der Waals surface area (Å²) in [6.45, 7) is 2.23. The molecule has 118 valence electrons. The fraction of sp³-hybridized carbons (Fsp3) is 0.778. The molecule has 0 saturated heterocycles. The van der Waals surface area contributed by atoms with Crippen molar-refractivity contribution in [1.82, 2.24) is 9.78 Å². The van der Waals surface area contributed by atoms with E-state index in [0.717, 1.165) is 18.5 Å². The first-order chi connectivity index (χ1) is 10.3. The van der Waals surface area contributed by atoms with Gasteiger partial charge in [-0.2, -0.15) is 5.10 Å². The first kappa shape index (κ1) is 16.3. The Kier molecular flexibility index (Phi) is 6.98. The highest BCUT2D eigenvalue weighted by atomic mass is 16.1. The molecule has 0 spiro atoms. The van der Waals surface area contributed by atoms with E-state index >= 15 is 0 Å². The monoisotopic (exact) mass is 290 g/mol. The summed E-state index contributed by atoms with van der Waals surface area (Å²) in [7, 11) is 0. The molecule has 1 heterocycles. The van der Waals surface area contributed by atoms with E-state index in [1.54, 1.807) is 0 Å². The molecule has 21 heavy (non-hydrogen) atoms. The predicted molar refractivity (Wildman–Crippen MR) is 86.4 cm³/mol. The van der Waals surface area contributed by atoms with Crippen molar-refractivity contribution in [3.8, 4) is 0 Å². The van der Waals surface area contributed by atoms with Crippen LogP contribution >= 0.6 is 0 Å². The summed E-state index contributed by atoms with van der Waals surface area (Å²) in [5.41, 5.74) is 0.956. The number of rotatable bonds is 10. The van der Waals surface area contributed by atoms with Crippen LogP contribution < -0.4 is 0 Å². The van der Waals surface area contributed by atoms with Gasteiger partial charge in [0.15, 0.2) is 0 Å². The fourth-order valence-electron chi connectivity index (χ4n) is 3.24. The molecule has 0 amide bonds. The minimum atomic E-state index is 0.349. The van der Waals surface area contributed by atoms with Crippen LogP contribution in [0.25, 0.3) is 0 Å². The van der Waals surface area contributed by atoms with Crippen molar-refractivity contribution >= 4 is 5.78 Å². The topological polar surface area (TPSA) is 34.9 Å². The van der Waals surface area contributed by atoms with Crippen molar-refractivity contribution < 1.29 is 4.79 Å². The molecule has 0 aromatic carbocycles. The zero-order chi connectivity index (χ0) is 14.9. The second kappa shape index (κ2) is 9.01. The molecular weight excluding hydrogens is 260 g/mol. The number of nitrogens with zero attached hydrogens (tertiary/aromatic N) is 2. The number of hydrogen-bond acceptors (Lipinski definition) is 2. The van der Waals surface area contributed by atoms with E-state index in [9.17, 15) is 4.79 Å². The van der Waals surface area contributed by atoms with Crippen LogP contribution in [0.5, 0.6) is 0 Å². The maximum atomic E-state index is 12.0. The van der Waals surface area contributed by atoms with Gasteiger partial charge in [-0.15, -0.1) is 0 Å². The Morgan fingerprint density at radius 1 is 1.19 bits per heavy atom. The van der Waals surface area contributed by atoms with Gasteiger partial charge in [0.05, 0.1) is 18.2 Å². The van der Waals surface area contributed by atoms with E-state index in [-0.39, 0.29) is 0 Å². The van der Waals surface area contributed by atoms with E-state index < -0.39 is 0 Å². The highest BCUT2D eigenvalue weighted by Gasteiger charge is 2.17. The maximum absolute atomic E-state index is 12.0. The zero-order valence-electron chi connectivity index (χ0n) is 13.5. The predicted octanol–water partition coefficient (Wildman–Crippen LogP) is 4.86. The number of ketones is 1. The Morgan fingerprint density at radius 3 is 2.67 bits per heavy atom. The number of unbranched alkanes of at least 4 members (excludes halogenated alkanes) is 5. The van der Waals surface area contributed by atoms with Gasteiger partial charge >= 0.3 is 0 Å². The third-order valence-corrected chi connectivity index (χ3v) is 4.55. The molecule has 1 aromatic rings. The van der Waals surface area contributed by atoms with Gasteiger partial charge in [-0.3, -0.25) is 9.48 Å². The number of hydrogen-bond donors (Lipinski definition) is 0. The molecule has 0 radical (unpaired) electrons. The highest BCUT2D eigenvalue weighted by molar-refractivity contribution is 5.80. The average molecular weight is 290 g/mol. The van der Waals surface area contributed by atoms with Crippen molar-refractivity contribution in [2.45, 2.75) is 90.0 Å². The van der Waals surface area contributed by atoms with Crippen molar-refractivity contribution in [2.75, 3.05) is 0 Å². The quantitative estimate of drug-likeness (QED) is 0.577. The number of carbonyl (C=O) groups excluding carboxylic acids is 1. The van der Waals surface area contributed by atoms with Gasteiger partial charge in [-0.1, -0.05) is 51.9 Å². The van der Waals surface area contributed by atoms with Crippen molar-refractivity contribution in [3.63, 3.8) is 0 Å². The first-order valence-electron chi connectivity index (χ1n) is 8.85. The molecule has 3 nitrogen and oxygen atoms in total. The zero-order valence-corrected chi connectivity index (χ0v) is 13.5. The van der Waals surface area contributed by atoms with E-state index in [2.05, 4.69) is 22.9 Å². The van der Waals surface area contributed by atoms with Crippen LogP contribution in [-0.4, -0.2) is 15.6 Å². The largest absolute Gasteiger partial charge is 0.299 e.